The fourth-order valence-electron chi connectivity index (χ4n) is 4.35. The van der Waals surface area contributed by atoms with Gasteiger partial charge in [0.05, 0.1) is 20.3 Å². The number of piperidine rings is 1. The summed E-state index contributed by atoms with van der Waals surface area (Å²) in [5.41, 5.74) is 0.583. The van der Waals surface area contributed by atoms with Crippen molar-refractivity contribution in [3.05, 3.63) is 42.2 Å². The van der Waals surface area contributed by atoms with E-state index < -0.39 is 5.60 Å². The van der Waals surface area contributed by atoms with E-state index in [1.807, 2.05) is 45.2 Å². The summed E-state index contributed by atoms with van der Waals surface area (Å²) in [6, 6.07) is 8.06. The lowest BCUT2D eigenvalue weighted by Gasteiger charge is -2.39. The third kappa shape index (κ3) is 6.75. The van der Waals surface area contributed by atoms with E-state index >= 15 is 0 Å². The molecule has 1 unspecified atom stereocenters. The average molecular weight is 485 g/mol. The van der Waals surface area contributed by atoms with Crippen molar-refractivity contribution in [3.8, 4) is 11.6 Å². The number of methoxy groups -OCH3 is 1. The van der Waals surface area contributed by atoms with Crippen molar-refractivity contribution in [2.45, 2.75) is 64.3 Å². The first-order valence-corrected chi connectivity index (χ1v) is 12.3. The highest BCUT2D eigenvalue weighted by Gasteiger charge is 2.31. The summed E-state index contributed by atoms with van der Waals surface area (Å²) in [6.07, 6.45) is 5.80. The van der Waals surface area contributed by atoms with Crippen LogP contribution in [0, 0.1) is 0 Å². The fraction of sp³-hybridized carbons (Fsp3) is 0.577. The molecule has 2 aliphatic heterocycles. The van der Waals surface area contributed by atoms with Crippen LogP contribution in [-0.4, -0.2) is 72.1 Å². The van der Waals surface area contributed by atoms with Gasteiger partial charge in [-0.2, -0.15) is 4.98 Å². The Morgan fingerprint density at radius 2 is 2.00 bits per heavy atom. The molecule has 2 aromatic heterocycles. The number of rotatable bonds is 7. The van der Waals surface area contributed by atoms with Crippen molar-refractivity contribution in [2.24, 2.45) is 0 Å². The van der Waals surface area contributed by atoms with Crippen LogP contribution in [0.2, 0.25) is 0 Å². The fourth-order valence-corrected chi connectivity index (χ4v) is 4.35. The lowest BCUT2D eigenvalue weighted by atomic mass is 10.0. The topological polar surface area (TPSA) is 86.3 Å². The Bertz CT molecular complexity index is 967. The standard InChI is InChI=1S/C26H36N4O5/c1-26(2,3)35-25(31)29-13-9-20(10-14-29)30(17-19-6-5-12-27-16-19)23-8-7-22(32-4)24(28-23)34-21-11-15-33-18-21/h5-8,12,16,20-21H,9-11,13-15,17-18H2,1-4H3. The van der Waals surface area contributed by atoms with E-state index in [0.29, 0.717) is 44.5 Å². The smallest absolute Gasteiger partial charge is 0.410 e. The predicted molar refractivity (Wildman–Crippen MR) is 132 cm³/mol. The van der Waals surface area contributed by atoms with Crippen molar-refractivity contribution < 1.29 is 23.7 Å². The van der Waals surface area contributed by atoms with E-state index in [0.717, 1.165) is 30.6 Å². The lowest BCUT2D eigenvalue weighted by Crippen LogP contribution is -2.48. The molecule has 2 aromatic rings. The zero-order chi connectivity index (χ0) is 24.8. The molecular weight excluding hydrogens is 448 g/mol. The molecule has 0 spiro atoms. The van der Waals surface area contributed by atoms with Crippen molar-refractivity contribution in [3.63, 3.8) is 0 Å². The van der Waals surface area contributed by atoms with Gasteiger partial charge in [-0.05, 0) is 57.4 Å². The van der Waals surface area contributed by atoms with E-state index in [9.17, 15) is 4.79 Å². The Hall–Kier alpha value is -3.07. The van der Waals surface area contributed by atoms with Gasteiger partial charge in [0.25, 0.3) is 5.88 Å². The summed E-state index contributed by atoms with van der Waals surface area (Å²) in [5, 5.41) is 0. The molecule has 1 atom stereocenters. The summed E-state index contributed by atoms with van der Waals surface area (Å²) < 4.78 is 22.7. The first-order valence-electron chi connectivity index (χ1n) is 12.3. The van der Waals surface area contributed by atoms with E-state index in [2.05, 4.69) is 16.0 Å². The van der Waals surface area contributed by atoms with Crippen LogP contribution in [0.1, 0.15) is 45.6 Å². The third-order valence-electron chi connectivity index (χ3n) is 6.12. The summed E-state index contributed by atoms with van der Waals surface area (Å²) in [6.45, 7) is 8.81. The highest BCUT2D eigenvalue weighted by molar-refractivity contribution is 5.68. The lowest BCUT2D eigenvalue weighted by molar-refractivity contribution is 0.0204. The summed E-state index contributed by atoms with van der Waals surface area (Å²) in [5.74, 6) is 1.88. The minimum atomic E-state index is -0.506. The van der Waals surface area contributed by atoms with Crippen molar-refractivity contribution in [2.75, 3.05) is 38.3 Å². The molecule has 35 heavy (non-hydrogen) atoms. The normalized spacial score (nSPS) is 18.9. The number of hydrogen-bond acceptors (Lipinski definition) is 8. The van der Waals surface area contributed by atoms with Crippen LogP contribution >= 0.6 is 0 Å². The Balaban J connectivity index is 1.54. The van der Waals surface area contributed by atoms with Crippen LogP contribution in [-0.2, 0) is 16.0 Å². The van der Waals surface area contributed by atoms with Crippen molar-refractivity contribution in [1.29, 1.82) is 0 Å². The van der Waals surface area contributed by atoms with Gasteiger partial charge >= 0.3 is 6.09 Å². The monoisotopic (exact) mass is 484 g/mol. The molecule has 190 valence electrons. The summed E-state index contributed by atoms with van der Waals surface area (Å²) in [7, 11) is 1.62. The van der Waals surface area contributed by atoms with E-state index in [-0.39, 0.29) is 18.2 Å². The van der Waals surface area contributed by atoms with Crippen molar-refractivity contribution in [1.82, 2.24) is 14.9 Å². The number of carbonyl (C=O) groups is 1. The first-order chi connectivity index (χ1) is 16.8. The molecule has 2 aliphatic rings. The van der Waals surface area contributed by atoms with Gasteiger partial charge in [-0.3, -0.25) is 4.98 Å². The molecule has 4 rings (SSSR count). The van der Waals surface area contributed by atoms with E-state index in [4.69, 9.17) is 23.9 Å². The molecule has 2 fully saturated rings. The number of likely N-dealkylation sites (tertiary alicyclic amines) is 1. The molecule has 9 heteroatoms. The maximum absolute atomic E-state index is 12.6. The number of anilines is 1. The van der Waals surface area contributed by atoms with Crippen LogP contribution in [0.4, 0.5) is 10.6 Å². The maximum Gasteiger partial charge on any atom is 0.410 e. The Kier molecular flexibility index (Phi) is 7.95. The number of aromatic nitrogens is 2. The van der Waals surface area contributed by atoms with Gasteiger partial charge in [0.1, 0.15) is 17.5 Å². The molecule has 0 N–H and O–H groups in total. The van der Waals surface area contributed by atoms with Gasteiger partial charge in [0.2, 0.25) is 0 Å². The Labute approximate surface area is 207 Å². The highest BCUT2D eigenvalue weighted by Crippen LogP contribution is 2.33. The van der Waals surface area contributed by atoms with Crippen LogP contribution in [0.3, 0.4) is 0 Å². The predicted octanol–water partition coefficient (Wildman–Crippen LogP) is 4.06. The number of pyridine rings is 2. The molecule has 0 radical (unpaired) electrons. The van der Waals surface area contributed by atoms with Gasteiger partial charge in [-0.15, -0.1) is 0 Å². The van der Waals surface area contributed by atoms with Crippen molar-refractivity contribution >= 4 is 11.9 Å². The Morgan fingerprint density at radius 1 is 1.20 bits per heavy atom. The number of ether oxygens (including phenoxy) is 4. The second-order valence-electron chi connectivity index (χ2n) is 9.97. The van der Waals surface area contributed by atoms with Gasteiger partial charge in [0.15, 0.2) is 5.75 Å². The minimum Gasteiger partial charge on any atom is -0.491 e. The van der Waals surface area contributed by atoms with Gasteiger partial charge in [0, 0.05) is 44.5 Å². The molecule has 0 bridgehead atoms. The first kappa shape index (κ1) is 25.0. The second-order valence-corrected chi connectivity index (χ2v) is 9.97. The van der Waals surface area contributed by atoms with Gasteiger partial charge in [-0.25, -0.2) is 4.79 Å². The molecule has 9 nitrogen and oxygen atoms in total. The number of hydrogen-bond donors (Lipinski definition) is 0. The summed E-state index contributed by atoms with van der Waals surface area (Å²) >= 11 is 0. The largest absolute Gasteiger partial charge is 0.491 e. The zero-order valence-electron chi connectivity index (χ0n) is 21.1. The third-order valence-corrected chi connectivity index (χ3v) is 6.12. The number of amides is 1. The zero-order valence-corrected chi connectivity index (χ0v) is 21.1. The molecule has 0 saturated carbocycles. The Morgan fingerprint density at radius 3 is 2.63 bits per heavy atom. The van der Waals surface area contributed by atoms with Crippen LogP contribution in [0.5, 0.6) is 11.6 Å². The SMILES string of the molecule is COc1ccc(N(Cc2cccnc2)C2CCN(C(=O)OC(C)(C)C)CC2)nc1OC1CCOC1. The number of carbonyl (C=O) groups excluding carboxylic acids is 1. The van der Waals surface area contributed by atoms with Crippen LogP contribution in [0.15, 0.2) is 36.7 Å². The second kappa shape index (κ2) is 11.1. The average Bonchev–Trinajstić information content (AvgIpc) is 3.35. The molecule has 0 aromatic carbocycles. The van der Waals surface area contributed by atoms with E-state index in [1.54, 1.807) is 18.2 Å². The molecular formula is C26H36N4O5. The van der Waals surface area contributed by atoms with Gasteiger partial charge in [-0.1, -0.05) is 6.07 Å². The maximum atomic E-state index is 12.6. The van der Waals surface area contributed by atoms with Gasteiger partial charge < -0.3 is 28.7 Å². The molecule has 4 heterocycles. The molecule has 1 amide bonds. The summed E-state index contributed by atoms with van der Waals surface area (Å²) in [4.78, 5) is 25.8. The number of nitrogens with zero attached hydrogens (tertiary/aromatic N) is 4. The van der Waals surface area contributed by atoms with E-state index in [1.165, 1.54) is 0 Å². The minimum absolute atomic E-state index is 0.0320. The van der Waals surface area contributed by atoms with Crippen LogP contribution in [0.25, 0.3) is 0 Å². The molecule has 0 aliphatic carbocycles. The van der Waals surface area contributed by atoms with Crippen LogP contribution < -0.4 is 14.4 Å². The molecule has 2 saturated heterocycles. The quantitative estimate of drug-likeness (QED) is 0.582. The highest BCUT2D eigenvalue weighted by atomic mass is 16.6.